The van der Waals surface area contributed by atoms with Gasteiger partial charge in [-0.15, -0.1) is 0 Å². The average Bonchev–Trinajstić information content (AvgIpc) is 2.49. The van der Waals surface area contributed by atoms with Gasteiger partial charge in [-0.2, -0.15) is 10.5 Å². The molecular formula is C16H8F2N2O2. The minimum atomic E-state index is -0.809. The largest absolute Gasteiger partial charge is 0.504 e. The predicted molar refractivity (Wildman–Crippen MR) is 74.5 cm³/mol. The summed E-state index contributed by atoms with van der Waals surface area (Å²) in [5, 5.41) is 37.2. The van der Waals surface area contributed by atoms with Gasteiger partial charge in [0, 0.05) is 23.3 Å². The molecule has 0 radical (unpaired) electrons. The molecule has 0 aliphatic rings. The van der Waals surface area contributed by atoms with Crippen molar-refractivity contribution < 1.29 is 19.0 Å². The number of hydrogen-bond acceptors (Lipinski definition) is 4. The summed E-state index contributed by atoms with van der Waals surface area (Å²) < 4.78 is 26.4. The van der Waals surface area contributed by atoms with Crippen molar-refractivity contribution >= 4 is 12.2 Å². The number of benzene rings is 2. The van der Waals surface area contributed by atoms with Crippen LogP contribution in [0.5, 0.6) is 11.5 Å². The van der Waals surface area contributed by atoms with E-state index in [4.69, 9.17) is 10.5 Å². The van der Waals surface area contributed by atoms with Gasteiger partial charge in [0.25, 0.3) is 0 Å². The van der Waals surface area contributed by atoms with Crippen LogP contribution in [0.25, 0.3) is 12.2 Å². The first-order valence-electron chi connectivity index (χ1n) is 6.00. The minimum Gasteiger partial charge on any atom is -0.504 e. The van der Waals surface area contributed by atoms with E-state index in [-0.39, 0.29) is 22.3 Å². The summed E-state index contributed by atoms with van der Waals surface area (Å²) >= 11 is 0. The second-order valence-corrected chi connectivity index (χ2v) is 4.30. The fourth-order valence-corrected chi connectivity index (χ4v) is 1.86. The van der Waals surface area contributed by atoms with Crippen LogP contribution in [0.2, 0.25) is 0 Å². The lowest BCUT2D eigenvalue weighted by Gasteiger charge is -2.06. The predicted octanol–water partition coefficient (Wildman–Crippen LogP) is 3.29. The van der Waals surface area contributed by atoms with Crippen LogP contribution in [0.3, 0.4) is 0 Å². The Balaban J connectivity index is 2.58. The Hall–Kier alpha value is -3.38. The van der Waals surface area contributed by atoms with Crippen molar-refractivity contribution in [3.05, 3.63) is 58.2 Å². The van der Waals surface area contributed by atoms with Gasteiger partial charge in [0.1, 0.15) is 23.3 Å². The van der Waals surface area contributed by atoms with Crippen LogP contribution in [-0.2, 0) is 0 Å². The smallest absolute Gasteiger partial charge is 0.176 e. The molecule has 2 aromatic rings. The summed E-state index contributed by atoms with van der Waals surface area (Å²) in [4.78, 5) is 0. The van der Waals surface area contributed by atoms with Gasteiger partial charge in [-0.3, -0.25) is 0 Å². The summed E-state index contributed by atoms with van der Waals surface area (Å²) in [5.74, 6) is -2.80. The first kappa shape index (κ1) is 15.0. The third-order valence-electron chi connectivity index (χ3n) is 2.94. The van der Waals surface area contributed by atoms with Gasteiger partial charge in [0.15, 0.2) is 11.5 Å². The lowest BCUT2D eigenvalue weighted by molar-refractivity contribution is 0.402. The molecule has 4 nitrogen and oxygen atoms in total. The molecule has 0 fully saturated rings. The number of aromatic hydroxyl groups is 2. The van der Waals surface area contributed by atoms with Gasteiger partial charge in [-0.25, -0.2) is 8.78 Å². The lowest BCUT2D eigenvalue weighted by atomic mass is 9.99. The lowest BCUT2D eigenvalue weighted by Crippen LogP contribution is -1.91. The Kier molecular flexibility index (Phi) is 4.06. The number of hydrogen-bond donors (Lipinski definition) is 2. The highest BCUT2D eigenvalue weighted by atomic mass is 19.1. The van der Waals surface area contributed by atoms with E-state index in [1.807, 2.05) is 0 Å². The Bertz CT molecular complexity index is 862. The molecule has 0 aromatic heterocycles. The van der Waals surface area contributed by atoms with Crippen molar-refractivity contribution in [2.75, 3.05) is 0 Å². The topological polar surface area (TPSA) is 88.0 Å². The van der Waals surface area contributed by atoms with E-state index in [0.717, 1.165) is 12.1 Å². The van der Waals surface area contributed by atoms with Gasteiger partial charge in [-0.05, 0) is 12.1 Å². The zero-order valence-corrected chi connectivity index (χ0v) is 11.0. The molecule has 2 aromatic carbocycles. The molecular weight excluding hydrogens is 290 g/mol. The van der Waals surface area contributed by atoms with E-state index in [2.05, 4.69) is 0 Å². The molecule has 0 saturated heterocycles. The van der Waals surface area contributed by atoms with Crippen molar-refractivity contribution in [2.45, 2.75) is 0 Å². The van der Waals surface area contributed by atoms with E-state index in [9.17, 15) is 19.0 Å². The molecule has 0 heterocycles. The Morgan fingerprint density at radius 2 is 1.73 bits per heavy atom. The summed E-state index contributed by atoms with van der Waals surface area (Å²) in [7, 11) is 0. The van der Waals surface area contributed by atoms with E-state index >= 15 is 0 Å². The number of nitrogens with zero attached hydrogens (tertiary/aromatic N) is 2. The third kappa shape index (κ3) is 2.72. The normalized spacial score (nSPS) is 10.4. The highest BCUT2D eigenvalue weighted by Crippen LogP contribution is 2.34. The Morgan fingerprint density at radius 1 is 1.00 bits per heavy atom. The maximum Gasteiger partial charge on any atom is 0.176 e. The molecule has 22 heavy (non-hydrogen) atoms. The van der Waals surface area contributed by atoms with Crippen molar-refractivity contribution in [3.8, 4) is 23.6 Å². The van der Waals surface area contributed by atoms with Crippen LogP contribution < -0.4 is 0 Å². The van der Waals surface area contributed by atoms with Crippen molar-refractivity contribution in [1.82, 2.24) is 0 Å². The molecule has 0 atom stereocenters. The van der Waals surface area contributed by atoms with Crippen LogP contribution in [0.4, 0.5) is 8.78 Å². The number of nitriles is 2. The zero-order chi connectivity index (χ0) is 16.3. The Morgan fingerprint density at radius 3 is 2.32 bits per heavy atom. The summed E-state index contributed by atoms with van der Waals surface area (Å²) in [6.07, 6.45) is 2.48. The second-order valence-electron chi connectivity index (χ2n) is 4.30. The van der Waals surface area contributed by atoms with Gasteiger partial charge in [-0.1, -0.05) is 12.2 Å². The number of rotatable bonds is 2. The summed E-state index contributed by atoms with van der Waals surface area (Å²) in [5.41, 5.74) is -0.299. The fraction of sp³-hybridized carbons (Fsp3) is 0. The molecule has 6 heteroatoms. The molecule has 2 N–H and O–H groups in total. The average molecular weight is 298 g/mol. The highest BCUT2D eigenvalue weighted by Gasteiger charge is 2.15. The zero-order valence-electron chi connectivity index (χ0n) is 11.0. The van der Waals surface area contributed by atoms with Crippen molar-refractivity contribution in [1.29, 1.82) is 10.5 Å². The quantitative estimate of drug-likeness (QED) is 0.657. The molecule has 0 bridgehead atoms. The number of halogens is 2. The molecule has 108 valence electrons. The SMILES string of the molecule is N#Cc1cc(O)c(O)c(C#N)c1/C=C/c1ccc(F)cc1F. The maximum absolute atomic E-state index is 13.6. The molecule has 0 unspecified atom stereocenters. The first-order valence-corrected chi connectivity index (χ1v) is 6.00. The van der Waals surface area contributed by atoms with Crippen LogP contribution >= 0.6 is 0 Å². The fourth-order valence-electron chi connectivity index (χ4n) is 1.86. The van der Waals surface area contributed by atoms with E-state index in [0.29, 0.717) is 6.07 Å². The van der Waals surface area contributed by atoms with Crippen LogP contribution in [-0.4, -0.2) is 10.2 Å². The highest BCUT2D eigenvalue weighted by molar-refractivity contribution is 5.79. The number of phenols is 2. The van der Waals surface area contributed by atoms with Crippen LogP contribution in [0, 0.1) is 34.3 Å². The van der Waals surface area contributed by atoms with Gasteiger partial charge in [0.05, 0.1) is 11.6 Å². The Labute approximate surface area is 124 Å². The monoisotopic (exact) mass is 298 g/mol. The minimum absolute atomic E-state index is 0.0315. The maximum atomic E-state index is 13.6. The van der Waals surface area contributed by atoms with Crippen LogP contribution in [0.15, 0.2) is 24.3 Å². The third-order valence-corrected chi connectivity index (χ3v) is 2.94. The summed E-state index contributed by atoms with van der Waals surface area (Å²) in [6, 6.07) is 7.40. The number of phenolic OH excluding ortho intramolecular Hbond substituents is 2. The molecule has 0 amide bonds. The first-order chi connectivity index (χ1) is 10.5. The molecule has 0 aliphatic heterocycles. The molecule has 0 saturated carbocycles. The van der Waals surface area contributed by atoms with Crippen molar-refractivity contribution in [3.63, 3.8) is 0 Å². The van der Waals surface area contributed by atoms with Crippen molar-refractivity contribution in [2.24, 2.45) is 0 Å². The summed E-state index contributed by atoms with van der Waals surface area (Å²) in [6.45, 7) is 0. The molecule has 0 spiro atoms. The van der Waals surface area contributed by atoms with Gasteiger partial charge < -0.3 is 10.2 Å². The van der Waals surface area contributed by atoms with Gasteiger partial charge >= 0.3 is 0 Å². The molecule has 2 rings (SSSR count). The second kappa shape index (κ2) is 5.94. The standard InChI is InChI=1S/C16H8F2N2O2/c17-11-3-1-9(14(18)6-11)2-4-12-10(7-19)5-15(21)16(22)13(12)8-20/h1-6,21-22H/b4-2+. The van der Waals surface area contributed by atoms with E-state index < -0.39 is 23.1 Å². The molecule has 0 aliphatic carbocycles. The van der Waals surface area contributed by atoms with Gasteiger partial charge in [0.2, 0.25) is 0 Å². The van der Waals surface area contributed by atoms with E-state index in [1.165, 1.54) is 18.2 Å². The van der Waals surface area contributed by atoms with E-state index in [1.54, 1.807) is 12.1 Å². The van der Waals surface area contributed by atoms with Crippen LogP contribution in [0.1, 0.15) is 22.3 Å².